The van der Waals surface area contributed by atoms with Crippen LogP contribution in [0.3, 0.4) is 0 Å². The van der Waals surface area contributed by atoms with Gasteiger partial charge in [-0.05, 0) is 48.1 Å². The summed E-state index contributed by atoms with van der Waals surface area (Å²) >= 11 is 0. The summed E-state index contributed by atoms with van der Waals surface area (Å²) in [6, 6.07) is 9.10. The van der Waals surface area contributed by atoms with Crippen LogP contribution in [-0.4, -0.2) is 29.9 Å². The monoisotopic (exact) mass is 314 g/mol. The number of nitrogens with two attached hydrogens (primary N) is 1. The van der Waals surface area contributed by atoms with Gasteiger partial charge in [0, 0.05) is 25.0 Å². The Kier molecular flexibility index (Phi) is 4.77. The quantitative estimate of drug-likeness (QED) is 0.924. The molecule has 23 heavy (non-hydrogen) atoms. The number of piperidine rings is 1. The lowest BCUT2D eigenvalue weighted by atomic mass is 9.92. The number of carbonyl (C=O) groups is 1. The zero-order valence-corrected chi connectivity index (χ0v) is 14.7. The van der Waals surface area contributed by atoms with E-state index in [1.165, 1.54) is 11.1 Å². The number of hydrogen-bond donors (Lipinski definition) is 1. The van der Waals surface area contributed by atoms with E-state index in [-0.39, 0.29) is 12.0 Å². The van der Waals surface area contributed by atoms with Gasteiger partial charge in [-0.15, -0.1) is 0 Å². The topological polar surface area (TPSA) is 46.3 Å². The van der Waals surface area contributed by atoms with E-state index in [0.29, 0.717) is 30.2 Å². The molecule has 1 aromatic carbocycles. The first-order valence-electron chi connectivity index (χ1n) is 9.11. The number of nitrogens with zero attached hydrogens (tertiary/aromatic N) is 1. The molecule has 1 saturated carbocycles. The second kappa shape index (κ2) is 6.64. The summed E-state index contributed by atoms with van der Waals surface area (Å²) in [7, 11) is 0. The molecule has 2 N–H and O–H groups in total. The lowest BCUT2D eigenvalue weighted by Gasteiger charge is -2.38. The maximum Gasteiger partial charge on any atom is 0.226 e. The van der Waals surface area contributed by atoms with Crippen molar-refractivity contribution in [2.45, 2.75) is 57.9 Å². The number of rotatable bonds is 4. The van der Waals surface area contributed by atoms with Gasteiger partial charge in [0.25, 0.3) is 0 Å². The first kappa shape index (κ1) is 16.5. The van der Waals surface area contributed by atoms with E-state index in [9.17, 15) is 4.79 Å². The van der Waals surface area contributed by atoms with Gasteiger partial charge in [-0.25, -0.2) is 0 Å². The number of likely N-dealkylation sites (tertiary alicyclic amines) is 1. The minimum atomic E-state index is 0.183. The summed E-state index contributed by atoms with van der Waals surface area (Å²) in [6.07, 6.45) is 3.18. The van der Waals surface area contributed by atoms with Crippen LogP contribution >= 0.6 is 0 Å². The van der Waals surface area contributed by atoms with E-state index < -0.39 is 0 Å². The van der Waals surface area contributed by atoms with Crippen LogP contribution < -0.4 is 5.73 Å². The van der Waals surface area contributed by atoms with Gasteiger partial charge in [-0.2, -0.15) is 0 Å². The Morgan fingerprint density at radius 1 is 1.26 bits per heavy atom. The Morgan fingerprint density at radius 2 is 1.96 bits per heavy atom. The molecule has 0 spiro atoms. The first-order valence-corrected chi connectivity index (χ1v) is 9.11. The van der Waals surface area contributed by atoms with Crippen molar-refractivity contribution in [3.05, 3.63) is 35.4 Å². The van der Waals surface area contributed by atoms with Crippen LogP contribution in [0.1, 0.15) is 63.0 Å². The molecule has 0 aromatic heterocycles. The highest BCUT2D eigenvalue weighted by atomic mass is 16.2. The minimum Gasteiger partial charge on any atom is -0.338 e. The molecule has 4 atom stereocenters. The smallest absolute Gasteiger partial charge is 0.226 e. The molecular weight excluding hydrogens is 284 g/mol. The summed E-state index contributed by atoms with van der Waals surface area (Å²) in [6.45, 7) is 8.17. The molecular formula is C20H30N2O. The SMILES string of the molecule is CC1CCN(C(=O)C2CC2c2ccc(C(C)C)cc2)C(CN)C1. The van der Waals surface area contributed by atoms with Gasteiger partial charge in [0.1, 0.15) is 0 Å². The van der Waals surface area contributed by atoms with E-state index in [2.05, 4.69) is 49.9 Å². The van der Waals surface area contributed by atoms with Crippen molar-refractivity contribution >= 4 is 5.91 Å². The predicted octanol–water partition coefficient (Wildman–Crippen LogP) is 3.50. The van der Waals surface area contributed by atoms with Crippen LogP contribution in [0.15, 0.2) is 24.3 Å². The summed E-state index contributed by atoms with van der Waals surface area (Å²) in [5, 5.41) is 0. The lowest BCUT2D eigenvalue weighted by Crippen LogP contribution is -2.49. The van der Waals surface area contributed by atoms with Gasteiger partial charge in [-0.1, -0.05) is 45.0 Å². The van der Waals surface area contributed by atoms with Gasteiger partial charge in [0.15, 0.2) is 0 Å². The summed E-state index contributed by atoms with van der Waals surface area (Å²) < 4.78 is 0. The second-order valence-corrected chi connectivity index (χ2v) is 7.82. The normalized spacial score (nSPS) is 30.6. The first-order chi connectivity index (χ1) is 11.0. The standard InChI is InChI=1S/C20H30N2O/c1-13(2)15-4-6-16(7-5-15)18-11-19(18)20(23)22-9-8-14(3)10-17(22)12-21/h4-7,13-14,17-19H,8-12,21H2,1-3H3. The third kappa shape index (κ3) is 3.45. The van der Waals surface area contributed by atoms with Gasteiger partial charge < -0.3 is 10.6 Å². The predicted molar refractivity (Wildman–Crippen MR) is 94.3 cm³/mol. The molecule has 0 radical (unpaired) electrons. The molecule has 3 rings (SSSR count). The maximum absolute atomic E-state index is 12.9. The molecule has 1 saturated heterocycles. The fourth-order valence-corrected chi connectivity index (χ4v) is 3.94. The van der Waals surface area contributed by atoms with E-state index in [0.717, 1.165) is 25.8 Å². The van der Waals surface area contributed by atoms with Crippen LogP contribution in [0, 0.1) is 11.8 Å². The van der Waals surface area contributed by atoms with Gasteiger partial charge in [-0.3, -0.25) is 4.79 Å². The molecule has 1 heterocycles. The van der Waals surface area contributed by atoms with E-state index in [1.54, 1.807) is 0 Å². The average molecular weight is 314 g/mol. The number of benzene rings is 1. The van der Waals surface area contributed by atoms with E-state index >= 15 is 0 Å². The van der Waals surface area contributed by atoms with Crippen molar-refractivity contribution in [3.8, 4) is 0 Å². The molecule has 2 aliphatic rings. The molecule has 4 unspecified atom stereocenters. The molecule has 1 amide bonds. The molecule has 1 aliphatic heterocycles. The van der Waals surface area contributed by atoms with Gasteiger partial charge >= 0.3 is 0 Å². The van der Waals surface area contributed by atoms with Gasteiger partial charge in [0.2, 0.25) is 5.91 Å². The molecule has 0 bridgehead atoms. The Bertz CT molecular complexity index is 551. The van der Waals surface area contributed by atoms with Crippen molar-refractivity contribution in [1.82, 2.24) is 4.90 Å². The molecule has 126 valence electrons. The van der Waals surface area contributed by atoms with E-state index in [4.69, 9.17) is 5.73 Å². The largest absolute Gasteiger partial charge is 0.338 e. The highest BCUT2D eigenvalue weighted by Gasteiger charge is 2.47. The Morgan fingerprint density at radius 3 is 2.57 bits per heavy atom. The van der Waals surface area contributed by atoms with Crippen LogP contribution in [0.2, 0.25) is 0 Å². The molecule has 2 fully saturated rings. The van der Waals surface area contributed by atoms with E-state index in [1.807, 2.05) is 0 Å². The molecule has 1 aromatic rings. The fraction of sp³-hybridized carbons (Fsp3) is 0.650. The van der Waals surface area contributed by atoms with Crippen molar-refractivity contribution in [1.29, 1.82) is 0 Å². The summed E-state index contributed by atoms with van der Waals surface area (Å²) in [5.41, 5.74) is 8.60. The van der Waals surface area contributed by atoms with Crippen molar-refractivity contribution in [2.75, 3.05) is 13.1 Å². The summed E-state index contributed by atoms with van der Waals surface area (Å²) in [5.74, 6) is 2.18. The summed E-state index contributed by atoms with van der Waals surface area (Å²) in [4.78, 5) is 14.9. The van der Waals surface area contributed by atoms with Crippen LogP contribution in [0.25, 0.3) is 0 Å². The number of hydrogen-bond acceptors (Lipinski definition) is 2. The fourth-order valence-electron chi connectivity index (χ4n) is 3.94. The van der Waals surface area contributed by atoms with Crippen LogP contribution in [-0.2, 0) is 4.79 Å². The molecule has 3 heteroatoms. The maximum atomic E-state index is 12.9. The van der Waals surface area contributed by atoms with Crippen molar-refractivity contribution in [2.24, 2.45) is 17.6 Å². The third-order valence-corrected chi connectivity index (χ3v) is 5.67. The third-order valence-electron chi connectivity index (χ3n) is 5.67. The van der Waals surface area contributed by atoms with Gasteiger partial charge in [0.05, 0.1) is 0 Å². The highest BCUT2D eigenvalue weighted by Crippen LogP contribution is 2.49. The number of carbonyl (C=O) groups excluding carboxylic acids is 1. The lowest BCUT2D eigenvalue weighted by molar-refractivity contribution is -0.136. The number of amides is 1. The minimum absolute atomic E-state index is 0.183. The van der Waals surface area contributed by atoms with Crippen LogP contribution in [0.5, 0.6) is 0 Å². The highest BCUT2D eigenvalue weighted by molar-refractivity contribution is 5.83. The van der Waals surface area contributed by atoms with Crippen molar-refractivity contribution < 1.29 is 4.79 Å². The molecule has 3 nitrogen and oxygen atoms in total. The Balaban J connectivity index is 1.64. The van der Waals surface area contributed by atoms with Crippen molar-refractivity contribution in [3.63, 3.8) is 0 Å². The Hall–Kier alpha value is -1.35. The Labute approximate surface area is 140 Å². The van der Waals surface area contributed by atoms with Crippen LogP contribution in [0.4, 0.5) is 0 Å². The molecule has 1 aliphatic carbocycles. The average Bonchev–Trinajstić information content (AvgIpc) is 3.34. The zero-order valence-electron chi connectivity index (χ0n) is 14.7. The second-order valence-electron chi connectivity index (χ2n) is 7.82. The zero-order chi connectivity index (χ0) is 16.6.